The lowest BCUT2D eigenvalue weighted by molar-refractivity contribution is -0.161. The lowest BCUT2D eigenvalue weighted by Crippen LogP contribution is -2.29. The molecule has 0 aliphatic rings. The van der Waals surface area contributed by atoms with Crippen LogP contribution in [0.25, 0.3) is 0 Å². The number of rotatable bonds is 38. The molecule has 0 bridgehead atoms. The fourth-order valence-corrected chi connectivity index (χ4v) is 6.07. The summed E-state index contributed by atoms with van der Waals surface area (Å²) in [6.45, 7) is 3.76. The monoisotopic (exact) mass is 753 g/mol. The Balaban J connectivity index is 4.04. The summed E-state index contributed by atoms with van der Waals surface area (Å²) in [5, 5.41) is 0. The van der Waals surface area contributed by atoms with Crippen LogP contribution in [0.2, 0.25) is 0 Å². The van der Waals surface area contributed by atoms with Gasteiger partial charge in [-0.1, -0.05) is 152 Å². The summed E-state index contributed by atoms with van der Waals surface area (Å²) in [6, 6.07) is 0. The van der Waals surface area contributed by atoms with Crippen LogP contribution < -0.4 is 0 Å². The first-order valence-corrected chi connectivity index (χ1v) is 22.3. The third-order valence-corrected chi connectivity index (χ3v) is 9.74. The highest BCUT2D eigenvalue weighted by Crippen LogP contribution is 2.42. The number of phosphoric ester groups is 1. The normalized spacial score (nSPS) is 13.8. The zero-order chi connectivity index (χ0) is 38.2. The van der Waals surface area contributed by atoms with Gasteiger partial charge in [-0.25, -0.2) is 4.57 Å². The first-order chi connectivity index (χ1) is 25.3. The molecular weight excluding hydrogens is 675 g/mol. The molecule has 0 fully saturated rings. The van der Waals surface area contributed by atoms with E-state index in [4.69, 9.17) is 14.0 Å². The highest BCUT2D eigenvalue weighted by Gasteiger charge is 2.24. The Kier molecular flexibility index (Phi) is 37.2. The largest absolute Gasteiger partial charge is 0.472 e. The Labute approximate surface area is 318 Å². The number of unbranched alkanes of at least 4 members (excludes halogenated alkanes) is 19. The maximum absolute atomic E-state index is 12.5. The summed E-state index contributed by atoms with van der Waals surface area (Å²) in [4.78, 5) is 34.4. The molecule has 0 aromatic carbocycles. The van der Waals surface area contributed by atoms with Crippen LogP contribution in [0.5, 0.6) is 0 Å². The van der Waals surface area contributed by atoms with Crippen molar-refractivity contribution in [3.8, 4) is 0 Å². The summed E-state index contributed by atoms with van der Waals surface area (Å²) in [5.74, 6) is -0.825. The number of allylic oxidation sites excluding steroid dienone is 8. The summed E-state index contributed by atoms with van der Waals surface area (Å²) in [7, 11) is -3.21. The summed E-state index contributed by atoms with van der Waals surface area (Å²) >= 11 is 0. The number of esters is 2. The quantitative estimate of drug-likeness (QED) is 0.0287. The predicted octanol–water partition coefficient (Wildman–Crippen LogP) is 13.0. The molecule has 0 saturated carbocycles. The molecule has 0 spiro atoms. The molecule has 0 amide bonds. The van der Waals surface area contributed by atoms with Crippen molar-refractivity contribution in [2.24, 2.45) is 0 Å². The van der Waals surface area contributed by atoms with Gasteiger partial charge in [-0.05, 0) is 70.6 Å². The molecule has 2 unspecified atom stereocenters. The van der Waals surface area contributed by atoms with Crippen molar-refractivity contribution >= 4 is 19.8 Å². The minimum atomic E-state index is -4.27. The fraction of sp³-hybridized carbons (Fsp3) is 0.767. The third kappa shape index (κ3) is 37.8. The van der Waals surface area contributed by atoms with Gasteiger partial charge in [-0.15, -0.1) is 0 Å². The average molecular weight is 753 g/mol. The van der Waals surface area contributed by atoms with E-state index in [2.05, 4.69) is 67.0 Å². The topological polar surface area (TPSA) is 108 Å². The molecule has 0 aromatic heterocycles. The van der Waals surface area contributed by atoms with Gasteiger partial charge in [-0.2, -0.15) is 0 Å². The zero-order valence-electron chi connectivity index (χ0n) is 33.5. The average Bonchev–Trinajstić information content (AvgIpc) is 3.13. The molecule has 0 aliphatic carbocycles. The molecule has 0 aliphatic heterocycles. The van der Waals surface area contributed by atoms with Gasteiger partial charge in [0.05, 0.1) is 6.61 Å². The van der Waals surface area contributed by atoms with Crippen molar-refractivity contribution in [1.29, 1.82) is 0 Å². The van der Waals surface area contributed by atoms with Crippen molar-refractivity contribution in [1.82, 2.24) is 0 Å². The second kappa shape index (κ2) is 38.7. The van der Waals surface area contributed by atoms with Gasteiger partial charge >= 0.3 is 19.8 Å². The number of carbonyl (C=O) groups is 2. The van der Waals surface area contributed by atoms with Crippen LogP contribution >= 0.6 is 7.82 Å². The predicted molar refractivity (Wildman–Crippen MR) is 216 cm³/mol. The van der Waals surface area contributed by atoms with Gasteiger partial charge in [0.1, 0.15) is 6.61 Å². The Morgan fingerprint density at radius 2 is 0.981 bits per heavy atom. The molecule has 0 saturated heterocycles. The van der Waals surface area contributed by atoms with Crippen LogP contribution in [0.3, 0.4) is 0 Å². The van der Waals surface area contributed by atoms with E-state index in [1.54, 1.807) is 0 Å². The standard InChI is InChI=1S/C43H77O8P/c1-4-6-8-10-12-14-16-18-20-22-24-26-28-30-32-34-36-38-43(45)51-41(40-50-52(46,47)48-3)39-49-42(44)37-35-33-31-29-27-25-23-21-19-17-15-13-11-9-7-5-2/h6,8,12,14,18,20-21,23,41H,4-5,7,9-11,13,15-17,19,22,24-40H2,1-3H3,(H,46,47)/b8-6-,14-12-,20-18-,23-21-. The molecule has 8 nitrogen and oxygen atoms in total. The molecule has 0 rings (SSSR count). The Bertz CT molecular complexity index is 990. The molecule has 1 N–H and O–H groups in total. The molecule has 2 atom stereocenters. The van der Waals surface area contributed by atoms with Crippen molar-refractivity contribution in [2.45, 2.75) is 193 Å². The molecule has 0 aromatic rings. The SMILES string of the molecule is CC/C=C\C/C=C\C/C=C\CCCCCCCCCC(=O)OC(COC(=O)CCCCCCC/C=C\CCCCCCCCC)COP(=O)(O)OC. The van der Waals surface area contributed by atoms with E-state index in [0.29, 0.717) is 6.42 Å². The van der Waals surface area contributed by atoms with Crippen LogP contribution in [0.15, 0.2) is 48.6 Å². The highest BCUT2D eigenvalue weighted by molar-refractivity contribution is 7.47. The number of ether oxygens (including phenoxy) is 2. The van der Waals surface area contributed by atoms with Crippen LogP contribution in [-0.4, -0.2) is 43.3 Å². The van der Waals surface area contributed by atoms with E-state index in [9.17, 15) is 19.0 Å². The van der Waals surface area contributed by atoms with E-state index in [1.807, 2.05) is 0 Å². The van der Waals surface area contributed by atoms with Crippen LogP contribution in [0, 0.1) is 0 Å². The zero-order valence-corrected chi connectivity index (χ0v) is 34.3. The van der Waals surface area contributed by atoms with Crippen LogP contribution in [-0.2, 0) is 32.7 Å². The van der Waals surface area contributed by atoms with Crippen molar-refractivity contribution < 1.29 is 37.6 Å². The van der Waals surface area contributed by atoms with E-state index < -0.39 is 26.5 Å². The smallest absolute Gasteiger partial charge is 0.462 e. The lowest BCUT2D eigenvalue weighted by atomic mass is 10.1. The summed E-state index contributed by atoms with van der Waals surface area (Å²) in [5.41, 5.74) is 0. The lowest BCUT2D eigenvalue weighted by Gasteiger charge is -2.19. The number of carbonyl (C=O) groups excluding carboxylic acids is 2. The Hall–Kier alpha value is -1.99. The molecule has 52 heavy (non-hydrogen) atoms. The van der Waals surface area contributed by atoms with Gasteiger partial charge in [-0.3, -0.25) is 18.6 Å². The number of hydrogen-bond acceptors (Lipinski definition) is 7. The molecule has 302 valence electrons. The van der Waals surface area contributed by atoms with E-state index in [-0.39, 0.29) is 25.4 Å². The van der Waals surface area contributed by atoms with Gasteiger partial charge in [0.25, 0.3) is 0 Å². The van der Waals surface area contributed by atoms with Gasteiger partial charge < -0.3 is 14.4 Å². The maximum atomic E-state index is 12.5. The van der Waals surface area contributed by atoms with Crippen molar-refractivity contribution in [3.05, 3.63) is 48.6 Å². The highest BCUT2D eigenvalue weighted by atomic mass is 31.2. The fourth-order valence-electron chi connectivity index (χ4n) is 5.61. The van der Waals surface area contributed by atoms with E-state index in [0.717, 1.165) is 90.6 Å². The second-order valence-electron chi connectivity index (χ2n) is 13.7. The summed E-state index contributed by atoms with van der Waals surface area (Å²) in [6.07, 6.45) is 45.9. The molecule has 0 radical (unpaired) electrons. The van der Waals surface area contributed by atoms with Crippen molar-refractivity contribution in [2.75, 3.05) is 20.3 Å². The minimum absolute atomic E-state index is 0.231. The maximum Gasteiger partial charge on any atom is 0.472 e. The van der Waals surface area contributed by atoms with Gasteiger partial charge in [0, 0.05) is 20.0 Å². The van der Waals surface area contributed by atoms with E-state index in [1.165, 1.54) is 70.6 Å². The molecule has 0 heterocycles. The van der Waals surface area contributed by atoms with E-state index >= 15 is 0 Å². The number of hydrogen-bond donors (Lipinski definition) is 1. The Morgan fingerprint density at radius 3 is 1.48 bits per heavy atom. The van der Waals surface area contributed by atoms with Crippen molar-refractivity contribution in [3.63, 3.8) is 0 Å². The second-order valence-corrected chi connectivity index (χ2v) is 15.3. The first kappa shape index (κ1) is 50.0. The van der Waals surface area contributed by atoms with Gasteiger partial charge in [0.15, 0.2) is 6.10 Å². The van der Waals surface area contributed by atoms with Gasteiger partial charge in [0.2, 0.25) is 0 Å². The molecular formula is C43H77O8P. The Morgan fingerprint density at radius 1 is 0.558 bits per heavy atom. The molecule has 9 heteroatoms. The summed E-state index contributed by atoms with van der Waals surface area (Å²) < 4.78 is 31.9. The van der Waals surface area contributed by atoms with Crippen LogP contribution in [0.1, 0.15) is 187 Å². The first-order valence-electron chi connectivity index (χ1n) is 20.8. The minimum Gasteiger partial charge on any atom is -0.462 e. The third-order valence-electron chi connectivity index (χ3n) is 8.81. The number of phosphoric acid groups is 1. The van der Waals surface area contributed by atoms with Crippen LogP contribution in [0.4, 0.5) is 0 Å².